The Hall–Kier alpha value is -0.610. The Labute approximate surface area is 105 Å². The molecule has 1 heterocycles. The van der Waals surface area contributed by atoms with E-state index in [1.807, 2.05) is 6.92 Å². The minimum Gasteiger partial charge on any atom is -0.355 e. The van der Waals surface area contributed by atoms with E-state index in [0.29, 0.717) is 6.54 Å². The van der Waals surface area contributed by atoms with Gasteiger partial charge in [0.15, 0.2) is 0 Å². The van der Waals surface area contributed by atoms with Crippen LogP contribution in [-0.4, -0.2) is 43.5 Å². The van der Waals surface area contributed by atoms with Crippen molar-refractivity contribution in [3.63, 3.8) is 0 Å². The van der Waals surface area contributed by atoms with Crippen molar-refractivity contribution >= 4 is 5.91 Å². The van der Waals surface area contributed by atoms with Gasteiger partial charge in [-0.3, -0.25) is 4.79 Å². The Balaban J connectivity index is 2.09. The fraction of sp³-hybridized carbons (Fsp3) is 0.923. The molecule has 4 nitrogen and oxygen atoms in total. The normalized spacial score (nSPS) is 20.2. The minimum atomic E-state index is 0.0429. The molecule has 0 spiro atoms. The van der Waals surface area contributed by atoms with E-state index in [1.165, 1.54) is 25.9 Å². The van der Waals surface area contributed by atoms with Crippen LogP contribution in [0, 0.1) is 11.8 Å². The quantitative estimate of drug-likeness (QED) is 0.724. The molecule has 17 heavy (non-hydrogen) atoms. The van der Waals surface area contributed by atoms with Crippen LogP contribution in [0.2, 0.25) is 0 Å². The van der Waals surface area contributed by atoms with Gasteiger partial charge in [-0.2, -0.15) is 0 Å². The molecule has 1 saturated heterocycles. The number of nitrogens with zero attached hydrogens (tertiary/aromatic N) is 1. The van der Waals surface area contributed by atoms with E-state index in [1.54, 1.807) is 0 Å². The predicted octanol–water partition coefficient (Wildman–Crippen LogP) is 0.819. The van der Waals surface area contributed by atoms with Crippen LogP contribution in [0.1, 0.15) is 33.1 Å². The van der Waals surface area contributed by atoms with Gasteiger partial charge in [0.1, 0.15) is 0 Å². The van der Waals surface area contributed by atoms with Gasteiger partial charge in [0, 0.05) is 19.0 Å². The minimum absolute atomic E-state index is 0.0429. The summed E-state index contributed by atoms with van der Waals surface area (Å²) in [5.74, 6) is 1.05. The van der Waals surface area contributed by atoms with Gasteiger partial charge in [0.2, 0.25) is 5.91 Å². The van der Waals surface area contributed by atoms with Crippen molar-refractivity contribution in [3.8, 4) is 0 Å². The molecule has 4 heteroatoms. The number of hydrogen-bond acceptors (Lipinski definition) is 3. The van der Waals surface area contributed by atoms with Gasteiger partial charge >= 0.3 is 0 Å². The van der Waals surface area contributed by atoms with E-state index >= 15 is 0 Å². The zero-order valence-electron chi connectivity index (χ0n) is 11.2. The lowest BCUT2D eigenvalue weighted by Gasteiger charge is -2.30. The summed E-state index contributed by atoms with van der Waals surface area (Å²) in [6, 6.07) is 0. The summed E-state index contributed by atoms with van der Waals surface area (Å²) in [7, 11) is 0. The second-order valence-electron chi connectivity index (χ2n) is 5.29. The molecule has 1 rings (SSSR count). The smallest absolute Gasteiger partial charge is 0.222 e. The first kappa shape index (κ1) is 14.5. The van der Waals surface area contributed by atoms with Gasteiger partial charge in [-0.25, -0.2) is 0 Å². The van der Waals surface area contributed by atoms with E-state index in [4.69, 9.17) is 5.73 Å². The van der Waals surface area contributed by atoms with Crippen LogP contribution in [0.4, 0.5) is 0 Å². The van der Waals surface area contributed by atoms with Gasteiger partial charge < -0.3 is 16.0 Å². The number of nitrogens with two attached hydrogens (primary N) is 1. The van der Waals surface area contributed by atoms with Gasteiger partial charge in [0.25, 0.3) is 0 Å². The maximum atomic E-state index is 11.6. The molecule has 3 N–H and O–H groups in total. The highest BCUT2D eigenvalue weighted by Crippen LogP contribution is 2.15. The van der Waals surface area contributed by atoms with Gasteiger partial charge in [-0.05, 0) is 44.8 Å². The molecular weight excluding hydrogens is 214 g/mol. The first-order valence-corrected chi connectivity index (χ1v) is 6.83. The fourth-order valence-electron chi connectivity index (χ4n) is 2.18. The average Bonchev–Trinajstić information content (AvgIpc) is 2.32. The standard InChI is InChI=1S/C13H27N3O/c1-11-4-8-16(9-5-11)10-7-15-13(17)12(2)3-6-14/h11-12H,3-10,14H2,1-2H3,(H,15,17). The summed E-state index contributed by atoms with van der Waals surface area (Å²) in [5, 5.41) is 2.99. The number of likely N-dealkylation sites (tertiary alicyclic amines) is 1. The first-order valence-electron chi connectivity index (χ1n) is 6.83. The fourth-order valence-corrected chi connectivity index (χ4v) is 2.18. The van der Waals surface area contributed by atoms with E-state index in [0.717, 1.165) is 25.4 Å². The summed E-state index contributed by atoms with van der Waals surface area (Å²) < 4.78 is 0. The average molecular weight is 241 g/mol. The highest BCUT2D eigenvalue weighted by atomic mass is 16.1. The summed E-state index contributed by atoms with van der Waals surface area (Å²) in [5.41, 5.74) is 5.44. The van der Waals surface area contributed by atoms with Crippen LogP contribution in [-0.2, 0) is 4.79 Å². The number of piperidine rings is 1. The van der Waals surface area contributed by atoms with E-state index in [-0.39, 0.29) is 11.8 Å². The molecule has 0 aromatic rings. The largest absolute Gasteiger partial charge is 0.355 e. The molecule has 0 bridgehead atoms. The number of nitrogens with one attached hydrogen (secondary N) is 1. The van der Waals surface area contributed by atoms with Crippen LogP contribution >= 0.6 is 0 Å². The Morgan fingerprint density at radius 3 is 2.71 bits per heavy atom. The zero-order chi connectivity index (χ0) is 12.7. The number of hydrogen-bond donors (Lipinski definition) is 2. The van der Waals surface area contributed by atoms with Crippen LogP contribution < -0.4 is 11.1 Å². The van der Waals surface area contributed by atoms with Gasteiger partial charge in [0.05, 0.1) is 0 Å². The highest BCUT2D eigenvalue weighted by molar-refractivity contribution is 5.78. The van der Waals surface area contributed by atoms with E-state index < -0.39 is 0 Å². The van der Waals surface area contributed by atoms with E-state index in [9.17, 15) is 4.79 Å². The predicted molar refractivity (Wildman–Crippen MR) is 70.7 cm³/mol. The maximum Gasteiger partial charge on any atom is 0.222 e. The molecule has 1 aliphatic heterocycles. The molecule has 0 aliphatic carbocycles. The third-order valence-electron chi connectivity index (χ3n) is 3.65. The van der Waals surface area contributed by atoms with Gasteiger partial charge in [-0.15, -0.1) is 0 Å². The van der Waals surface area contributed by atoms with Crippen molar-refractivity contribution in [3.05, 3.63) is 0 Å². The number of carbonyl (C=O) groups is 1. The monoisotopic (exact) mass is 241 g/mol. The molecule has 1 aliphatic rings. The second kappa shape index (κ2) is 7.67. The lowest BCUT2D eigenvalue weighted by molar-refractivity contribution is -0.124. The molecule has 0 aromatic carbocycles. The molecule has 0 saturated carbocycles. The number of carbonyl (C=O) groups excluding carboxylic acids is 1. The van der Waals surface area contributed by atoms with Crippen molar-refractivity contribution in [2.75, 3.05) is 32.7 Å². The summed E-state index contributed by atoms with van der Waals surface area (Å²) in [6.07, 6.45) is 3.35. The van der Waals surface area contributed by atoms with Crippen molar-refractivity contribution in [2.24, 2.45) is 17.6 Å². The molecule has 1 amide bonds. The van der Waals surface area contributed by atoms with Crippen molar-refractivity contribution in [1.82, 2.24) is 10.2 Å². The number of rotatable bonds is 6. The summed E-state index contributed by atoms with van der Waals surface area (Å²) in [4.78, 5) is 14.1. The Morgan fingerprint density at radius 1 is 1.47 bits per heavy atom. The molecular formula is C13H27N3O. The zero-order valence-corrected chi connectivity index (χ0v) is 11.2. The molecule has 1 fully saturated rings. The first-order chi connectivity index (χ1) is 8.13. The van der Waals surface area contributed by atoms with Crippen molar-refractivity contribution < 1.29 is 4.79 Å². The summed E-state index contributed by atoms with van der Waals surface area (Å²) in [6.45, 7) is 8.93. The Morgan fingerprint density at radius 2 is 2.12 bits per heavy atom. The lowest BCUT2D eigenvalue weighted by Crippen LogP contribution is -2.40. The molecule has 1 unspecified atom stereocenters. The SMILES string of the molecule is CC1CCN(CCNC(=O)C(C)CCN)CC1. The van der Waals surface area contributed by atoms with E-state index in [2.05, 4.69) is 17.1 Å². The molecule has 0 radical (unpaired) electrons. The highest BCUT2D eigenvalue weighted by Gasteiger charge is 2.16. The maximum absolute atomic E-state index is 11.6. The van der Waals surface area contributed by atoms with Crippen LogP contribution in [0.5, 0.6) is 0 Å². The topological polar surface area (TPSA) is 58.4 Å². The van der Waals surface area contributed by atoms with Crippen molar-refractivity contribution in [1.29, 1.82) is 0 Å². The third kappa shape index (κ3) is 5.50. The van der Waals surface area contributed by atoms with Crippen molar-refractivity contribution in [2.45, 2.75) is 33.1 Å². The Bertz CT molecular complexity index is 225. The molecule has 1 atom stereocenters. The van der Waals surface area contributed by atoms with Crippen LogP contribution in [0.15, 0.2) is 0 Å². The molecule has 0 aromatic heterocycles. The number of amides is 1. The Kier molecular flexibility index (Phi) is 6.52. The second-order valence-corrected chi connectivity index (χ2v) is 5.29. The van der Waals surface area contributed by atoms with Crippen LogP contribution in [0.25, 0.3) is 0 Å². The van der Waals surface area contributed by atoms with Crippen LogP contribution in [0.3, 0.4) is 0 Å². The van der Waals surface area contributed by atoms with Gasteiger partial charge in [-0.1, -0.05) is 13.8 Å². The third-order valence-corrected chi connectivity index (χ3v) is 3.65. The lowest BCUT2D eigenvalue weighted by atomic mass is 9.99. The summed E-state index contributed by atoms with van der Waals surface area (Å²) >= 11 is 0. The molecule has 100 valence electrons.